The van der Waals surface area contributed by atoms with Crippen LogP contribution in [-0.4, -0.2) is 12.1 Å². The van der Waals surface area contributed by atoms with Gasteiger partial charge in [0.05, 0.1) is 0 Å². The van der Waals surface area contributed by atoms with Gasteiger partial charge in [-0.3, -0.25) is 0 Å². The largest absolute Gasteiger partial charge is 0.459 e. The third-order valence-corrected chi connectivity index (χ3v) is 5.86. The summed E-state index contributed by atoms with van der Waals surface area (Å²) in [5.74, 6) is 1.43. The van der Waals surface area contributed by atoms with E-state index in [4.69, 9.17) is 4.74 Å². The van der Waals surface area contributed by atoms with Crippen LogP contribution in [0.1, 0.15) is 51.2 Å². The summed E-state index contributed by atoms with van der Waals surface area (Å²) in [6.07, 6.45) is 5.93. The molecule has 0 saturated heterocycles. The van der Waals surface area contributed by atoms with Crippen LogP contribution in [0, 0.1) is 17.8 Å². The van der Waals surface area contributed by atoms with Crippen molar-refractivity contribution >= 4 is 12.0 Å². The van der Waals surface area contributed by atoms with E-state index in [1.165, 1.54) is 6.42 Å². The van der Waals surface area contributed by atoms with Gasteiger partial charge in [0.25, 0.3) is 0 Å². The highest BCUT2D eigenvalue weighted by molar-refractivity contribution is 5.94. The fraction of sp³-hybridized carbons (Fsp3) is 0.423. The molecule has 2 aromatic carbocycles. The van der Waals surface area contributed by atoms with Gasteiger partial charge < -0.3 is 4.74 Å². The van der Waals surface area contributed by atoms with Gasteiger partial charge in [0, 0.05) is 12.0 Å². The maximum atomic E-state index is 13.2. The average molecular weight is 377 g/mol. The topological polar surface area (TPSA) is 26.3 Å². The Balaban J connectivity index is 1.82. The summed E-state index contributed by atoms with van der Waals surface area (Å²) in [6, 6.07) is 20.2. The third-order valence-electron chi connectivity index (χ3n) is 5.86. The van der Waals surface area contributed by atoms with Crippen LogP contribution in [0.3, 0.4) is 0 Å². The summed E-state index contributed by atoms with van der Waals surface area (Å²) in [6.45, 7) is 6.75. The Morgan fingerprint density at radius 1 is 1.04 bits per heavy atom. The second kappa shape index (κ2) is 9.73. The SMILES string of the molecule is CC(C)[C@@H]1CC[C@H](C)C[C@H]1OC(=O)/C(=C/c1ccccc1)Cc1ccccc1. The predicted octanol–water partition coefficient (Wildman–Crippen LogP) is 6.32. The van der Waals surface area contributed by atoms with Gasteiger partial charge in [-0.05, 0) is 47.8 Å². The van der Waals surface area contributed by atoms with E-state index in [9.17, 15) is 4.79 Å². The normalized spacial score (nSPS) is 22.9. The summed E-state index contributed by atoms with van der Waals surface area (Å²) in [7, 11) is 0. The van der Waals surface area contributed by atoms with E-state index in [1.807, 2.05) is 54.6 Å². The minimum Gasteiger partial charge on any atom is -0.459 e. The quantitative estimate of drug-likeness (QED) is 0.436. The predicted molar refractivity (Wildman–Crippen MR) is 116 cm³/mol. The van der Waals surface area contributed by atoms with E-state index in [1.54, 1.807) is 0 Å². The molecule has 3 atom stereocenters. The molecule has 0 aromatic heterocycles. The first kappa shape index (κ1) is 20.4. The number of benzene rings is 2. The van der Waals surface area contributed by atoms with Crippen molar-refractivity contribution in [3.8, 4) is 0 Å². The molecule has 0 aliphatic heterocycles. The second-order valence-corrected chi connectivity index (χ2v) is 8.51. The van der Waals surface area contributed by atoms with Gasteiger partial charge in [0.1, 0.15) is 6.10 Å². The van der Waals surface area contributed by atoms with Crippen molar-refractivity contribution < 1.29 is 9.53 Å². The van der Waals surface area contributed by atoms with Gasteiger partial charge >= 0.3 is 5.97 Å². The molecule has 0 heterocycles. The van der Waals surface area contributed by atoms with Gasteiger partial charge in [0.2, 0.25) is 0 Å². The van der Waals surface area contributed by atoms with Gasteiger partial charge in [0.15, 0.2) is 0 Å². The fourth-order valence-corrected chi connectivity index (χ4v) is 4.21. The molecule has 1 fully saturated rings. The lowest BCUT2D eigenvalue weighted by molar-refractivity contribution is -0.151. The summed E-state index contributed by atoms with van der Waals surface area (Å²) in [5, 5.41) is 0. The van der Waals surface area contributed by atoms with Crippen molar-refractivity contribution in [2.45, 2.75) is 52.6 Å². The molecular weight excluding hydrogens is 344 g/mol. The molecule has 0 radical (unpaired) electrons. The zero-order valence-corrected chi connectivity index (χ0v) is 17.3. The van der Waals surface area contributed by atoms with E-state index >= 15 is 0 Å². The van der Waals surface area contributed by atoms with Gasteiger partial charge in [-0.1, -0.05) is 87.9 Å². The Labute approximate surface area is 169 Å². The van der Waals surface area contributed by atoms with Crippen molar-refractivity contribution in [2.24, 2.45) is 17.8 Å². The Morgan fingerprint density at radius 2 is 1.68 bits per heavy atom. The zero-order chi connectivity index (χ0) is 19.9. The first-order chi connectivity index (χ1) is 13.5. The molecule has 28 heavy (non-hydrogen) atoms. The molecule has 1 aliphatic rings. The zero-order valence-electron chi connectivity index (χ0n) is 17.3. The number of carbonyl (C=O) groups excluding carboxylic acids is 1. The van der Waals surface area contributed by atoms with Crippen LogP contribution in [-0.2, 0) is 16.0 Å². The van der Waals surface area contributed by atoms with Crippen LogP contribution < -0.4 is 0 Å². The van der Waals surface area contributed by atoms with Crippen LogP contribution in [0.4, 0.5) is 0 Å². The number of ether oxygens (including phenoxy) is 1. The molecule has 1 saturated carbocycles. The molecule has 2 nitrogen and oxygen atoms in total. The molecule has 148 valence electrons. The van der Waals surface area contributed by atoms with E-state index < -0.39 is 0 Å². The first-order valence-corrected chi connectivity index (χ1v) is 10.5. The van der Waals surface area contributed by atoms with Gasteiger partial charge in [-0.15, -0.1) is 0 Å². The number of carbonyl (C=O) groups is 1. The highest BCUT2D eigenvalue weighted by Crippen LogP contribution is 2.35. The Kier molecular flexibility index (Phi) is 7.08. The minimum atomic E-state index is -0.169. The molecule has 0 N–H and O–H groups in total. The lowest BCUT2D eigenvalue weighted by atomic mass is 9.75. The van der Waals surface area contributed by atoms with Gasteiger partial charge in [-0.25, -0.2) is 4.79 Å². The van der Waals surface area contributed by atoms with E-state index in [0.717, 1.165) is 29.5 Å². The van der Waals surface area contributed by atoms with Crippen molar-refractivity contribution in [1.82, 2.24) is 0 Å². The highest BCUT2D eigenvalue weighted by Gasteiger charge is 2.33. The van der Waals surface area contributed by atoms with Crippen molar-refractivity contribution in [3.05, 3.63) is 77.4 Å². The number of hydrogen-bond acceptors (Lipinski definition) is 2. The fourth-order valence-electron chi connectivity index (χ4n) is 4.21. The Bertz CT molecular complexity index is 777. The Morgan fingerprint density at radius 3 is 2.32 bits per heavy atom. The number of hydrogen-bond donors (Lipinski definition) is 0. The molecule has 1 aliphatic carbocycles. The van der Waals surface area contributed by atoms with Crippen molar-refractivity contribution in [1.29, 1.82) is 0 Å². The molecule has 3 rings (SSSR count). The summed E-state index contributed by atoms with van der Waals surface area (Å²) >= 11 is 0. The maximum absolute atomic E-state index is 13.2. The third kappa shape index (κ3) is 5.58. The lowest BCUT2D eigenvalue weighted by Crippen LogP contribution is -2.36. The summed E-state index contributed by atoms with van der Waals surface area (Å²) in [4.78, 5) is 13.2. The first-order valence-electron chi connectivity index (χ1n) is 10.5. The van der Waals surface area contributed by atoms with Crippen LogP contribution in [0.25, 0.3) is 6.08 Å². The standard InChI is InChI=1S/C26H32O2/c1-19(2)24-15-14-20(3)16-25(24)28-26(27)23(17-21-10-6-4-7-11-21)18-22-12-8-5-9-13-22/h4-13,17,19-20,24-25H,14-16,18H2,1-3H3/b23-17+/t20-,24-,25+/m0/s1. The van der Waals surface area contributed by atoms with Crippen LogP contribution >= 0.6 is 0 Å². The average Bonchev–Trinajstić information content (AvgIpc) is 2.69. The summed E-state index contributed by atoms with van der Waals surface area (Å²) in [5.41, 5.74) is 2.87. The molecule has 0 spiro atoms. The Hall–Kier alpha value is -2.35. The van der Waals surface area contributed by atoms with Crippen LogP contribution in [0.5, 0.6) is 0 Å². The molecule has 2 aromatic rings. The smallest absolute Gasteiger partial charge is 0.334 e. The van der Waals surface area contributed by atoms with Crippen molar-refractivity contribution in [3.63, 3.8) is 0 Å². The second-order valence-electron chi connectivity index (χ2n) is 8.51. The van der Waals surface area contributed by atoms with E-state index in [2.05, 4.69) is 32.9 Å². The molecular formula is C26H32O2. The van der Waals surface area contributed by atoms with Crippen LogP contribution in [0.15, 0.2) is 66.2 Å². The molecule has 0 unspecified atom stereocenters. The molecule has 0 bridgehead atoms. The number of rotatable bonds is 6. The van der Waals surface area contributed by atoms with E-state index in [-0.39, 0.29) is 12.1 Å². The van der Waals surface area contributed by atoms with E-state index in [0.29, 0.717) is 24.2 Å². The van der Waals surface area contributed by atoms with Crippen LogP contribution in [0.2, 0.25) is 0 Å². The maximum Gasteiger partial charge on any atom is 0.334 e. The number of esters is 1. The highest BCUT2D eigenvalue weighted by atomic mass is 16.5. The lowest BCUT2D eigenvalue weighted by Gasteiger charge is -2.36. The summed E-state index contributed by atoms with van der Waals surface area (Å²) < 4.78 is 6.14. The minimum absolute atomic E-state index is 0.0196. The van der Waals surface area contributed by atoms with Gasteiger partial charge in [-0.2, -0.15) is 0 Å². The molecule has 0 amide bonds. The molecule has 2 heteroatoms. The monoisotopic (exact) mass is 376 g/mol. The van der Waals surface area contributed by atoms with Crippen molar-refractivity contribution in [2.75, 3.05) is 0 Å².